The Balaban J connectivity index is 1.76. The third kappa shape index (κ3) is 3.13. The Labute approximate surface area is 147 Å². The molecule has 2 aromatic rings. The summed E-state index contributed by atoms with van der Waals surface area (Å²) in [6, 6.07) is 9.83. The molecule has 6 nitrogen and oxygen atoms in total. The number of amides is 4. The van der Waals surface area contributed by atoms with Gasteiger partial charge in [-0.3, -0.25) is 14.5 Å². The van der Waals surface area contributed by atoms with Crippen LogP contribution in [0.15, 0.2) is 48.5 Å². The fourth-order valence-electron chi connectivity index (χ4n) is 2.77. The van der Waals surface area contributed by atoms with Crippen molar-refractivity contribution in [2.45, 2.75) is 12.5 Å². The normalized spacial score (nSPS) is 19.4. The first-order valence-corrected chi connectivity index (χ1v) is 7.76. The van der Waals surface area contributed by atoms with Crippen molar-refractivity contribution in [2.24, 2.45) is 0 Å². The van der Waals surface area contributed by atoms with E-state index in [0.29, 0.717) is 10.6 Å². The van der Waals surface area contributed by atoms with Gasteiger partial charge in [0.25, 0.3) is 5.91 Å². The van der Waals surface area contributed by atoms with Crippen molar-refractivity contribution in [3.8, 4) is 0 Å². The highest BCUT2D eigenvalue weighted by atomic mass is 19.1. The molecular formula is C18H15F2N3O3. The number of halogens is 2. The molecule has 4 amide bonds. The molecule has 26 heavy (non-hydrogen) atoms. The van der Waals surface area contributed by atoms with Gasteiger partial charge in [-0.1, -0.05) is 18.2 Å². The molecule has 8 heteroatoms. The van der Waals surface area contributed by atoms with Gasteiger partial charge in [0.1, 0.15) is 23.7 Å². The summed E-state index contributed by atoms with van der Waals surface area (Å²) in [7, 11) is 0. The molecule has 1 fully saturated rings. The second-order valence-corrected chi connectivity index (χ2v) is 5.98. The van der Waals surface area contributed by atoms with Crippen LogP contribution in [-0.2, 0) is 15.1 Å². The van der Waals surface area contributed by atoms with Crippen LogP contribution in [0.3, 0.4) is 0 Å². The molecule has 1 aliphatic heterocycles. The van der Waals surface area contributed by atoms with Crippen LogP contribution in [0.2, 0.25) is 0 Å². The molecule has 0 bridgehead atoms. The van der Waals surface area contributed by atoms with Crippen molar-refractivity contribution in [1.29, 1.82) is 0 Å². The number of hydrogen-bond donors (Lipinski definition) is 2. The van der Waals surface area contributed by atoms with Gasteiger partial charge >= 0.3 is 6.03 Å². The third-order valence-corrected chi connectivity index (χ3v) is 4.12. The lowest BCUT2D eigenvalue weighted by molar-refractivity contribution is -0.133. The summed E-state index contributed by atoms with van der Waals surface area (Å²) < 4.78 is 26.9. The van der Waals surface area contributed by atoms with E-state index in [-0.39, 0.29) is 5.56 Å². The van der Waals surface area contributed by atoms with Crippen LogP contribution < -0.4 is 10.6 Å². The van der Waals surface area contributed by atoms with E-state index in [4.69, 9.17) is 0 Å². The van der Waals surface area contributed by atoms with E-state index >= 15 is 0 Å². The fraction of sp³-hybridized carbons (Fsp3) is 0.167. The van der Waals surface area contributed by atoms with Crippen LogP contribution in [0.25, 0.3) is 0 Å². The molecule has 1 aliphatic rings. The Kier molecular flexibility index (Phi) is 4.41. The third-order valence-electron chi connectivity index (χ3n) is 4.12. The summed E-state index contributed by atoms with van der Waals surface area (Å²) in [5.41, 5.74) is -1.27. The van der Waals surface area contributed by atoms with Gasteiger partial charge in [0.05, 0.1) is 0 Å². The molecule has 1 atom stereocenters. The Hall–Kier alpha value is -3.29. The number of imide groups is 1. The van der Waals surface area contributed by atoms with Crippen LogP contribution >= 0.6 is 0 Å². The lowest BCUT2D eigenvalue weighted by Crippen LogP contribution is -2.42. The zero-order valence-corrected chi connectivity index (χ0v) is 13.8. The maximum absolute atomic E-state index is 14.1. The molecule has 0 spiro atoms. The second-order valence-electron chi connectivity index (χ2n) is 5.98. The van der Waals surface area contributed by atoms with Crippen LogP contribution in [0.4, 0.5) is 19.3 Å². The Bertz CT molecular complexity index is 886. The minimum absolute atomic E-state index is 0.0137. The summed E-state index contributed by atoms with van der Waals surface area (Å²) in [6.07, 6.45) is 0. The van der Waals surface area contributed by atoms with Gasteiger partial charge in [-0.05, 0) is 37.3 Å². The Morgan fingerprint density at radius 3 is 2.42 bits per heavy atom. The average Bonchev–Trinajstić information content (AvgIpc) is 2.81. The maximum atomic E-state index is 14.1. The molecule has 0 saturated carbocycles. The molecule has 0 radical (unpaired) electrons. The van der Waals surface area contributed by atoms with Gasteiger partial charge in [-0.2, -0.15) is 0 Å². The molecule has 1 saturated heterocycles. The lowest BCUT2D eigenvalue weighted by Gasteiger charge is -2.22. The molecular weight excluding hydrogens is 344 g/mol. The summed E-state index contributed by atoms with van der Waals surface area (Å²) in [6.45, 7) is 0.829. The first-order chi connectivity index (χ1) is 12.3. The van der Waals surface area contributed by atoms with E-state index in [9.17, 15) is 23.2 Å². The number of carbonyl (C=O) groups is 3. The van der Waals surface area contributed by atoms with E-state index in [1.807, 2.05) is 0 Å². The van der Waals surface area contributed by atoms with Crippen LogP contribution in [-0.4, -0.2) is 29.3 Å². The van der Waals surface area contributed by atoms with Gasteiger partial charge in [-0.15, -0.1) is 0 Å². The maximum Gasteiger partial charge on any atom is 0.325 e. The quantitative estimate of drug-likeness (QED) is 0.823. The van der Waals surface area contributed by atoms with Crippen molar-refractivity contribution >= 4 is 23.5 Å². The molecule has 2 N–H and O–H groups in total. The molecule has 2 aromatic carbocycles. The van der Waals surface area contributed by atoms with E-state index < -0.39 is 41.6 Å². The number of hydrogen-bond acceptors (Lipinski definition) is 3. The average molecular weight is 359 g/mol. The number of urea groups is 1. The first kappa shape index (κ1) is 17.5. The van der Waals surface area contributed by atoms with Gasteiger partial charge in [0.15, 0.2) is 0 Å². The largest absolute Gasteiger partial charge is 0.325 e. The van der Waals surface area contributed by atoms with E-state index in [0.717, 1.165) is 0 Å². The highest BCUT2D eigenvalue weighted by Crippen LogP contribution is 2.30. The molecule has 1 heterocycles. The van der Waals surface area contributed by atoms with Crippen molar-refractivity contribution < 1.29 is 23.2 Å². The Morgan fingerprint density at radius 1 is 1.12 bits per heavy atom. The zero-order valence-electron chi connectivity index (χ0n) is 13.8. The molecule has 134 valence electrons. The second kappa shape index (κ2) is 6.55. The van der Waals surface area contributed by atoms with Gasteiger partial charge in [-0.25, -0.2) is 13.6 Å². The number of nitrogens with zero attached hydrogens (tertiary/aromatic N) is 1. The minimum Gasteiger partial charge on any atom is -0.325 e. The number of benzene rings is 2. The first-order valence-electron chi connectivity index (χ1n) is 7.76. The number of rotatable bonds is 4. The molecule has 3 rings (SSSR count). The van der Waals surface area contributed by atoms with Gasteiger partial charge in [0.2, 0.25) is 5.91 Å². The lowest BCUT2D eigenvalue weighted by atomic mass is 9.91. The molecule has 0 aliphatic carbocycles. The molecule has 1 unspecified atom stereocenters. The predicted molar refractivity (Wildman–Crippen MR) is 89.0 cm³/mol. The summed E-state index contributed by atoms with van der Waals surface area (Å²) in [5, 5.41) is 4.89. The van der Waals surface area contributed by atoms with Gasteiger partial charge < -0.3 is 10.6 Å². The highest BCUT2D eigenvalue weighted by Gasteiger charge is 2.50. The fourth-order valence-corrected chi connectivity index (χ4v) is 2.77. The zero-order chi connectivity index (χ0) is 18.9. The number of nitrogens with one attached hydrogen (secondary N) is 2. The molecule has 0 aromatic heterocycles. The highest BCUT2D eigenvalue weighted by molar-refractivity contribution is 6.10. The Morgan fingerprint density at radius 2 is 1.77 bits per heavy atom. The minimum atomic E-state index is -1.60. The summed E-state index contributed by atoms with van der Waals surface area (Å²) >= 11 is 0. The standard InChI is InChI=1S/C18H15F2N3O3/c1-18(13-4-2-3-5-14(13)20)16(25)23(17(26)22-18)10-15(24)21-12-8-6-11(19)7-9-12/h2-9H,10H2,1H3,(H,21,24)(H,22,26). The van der Waals surface area contributed by atoms with Crippen molar-refractivity contribution in [2.75, 3.05) is 11.9 Å². The number of anilines is 1. The topological polar surface area (TPSA) is 78.5 Å². The van der Waals surface area contributed by atoms with E-state index in [2.05, 4.69) is 10.6 Å². The monoisotopic (exact) mass is 359 g/mol. The van der Waals surface area contributed by atoms with Gasteiger partial charge in [0, 0.05) is 11.3 Å². The van der Waals surface area contributed by atoms with Crippen molar-refractivity contribution in [3.05, 3.63) is 65.7 Å². The predicted octanol–water partition coefficient (Wildman–Crippen LogP) is 2.37. The van der Waals surface area contributed by atoms with Crippen LogP contribution in [0.1, 0.15) is 12.5 Å². The summed E-state index contributed by atoms with van der Waals surface area (Å²) in [4.78, 5) is 37.6. The van der Waals surface area contributed by atoms with Crippen LogP contribution in [0, 0.1) is 11.6 Å². The van der Waals surface area contributed by atoms with E-state index in [1.54, 1.807) is 6.07 Å². The summed E-state index contributed by atoms with van der Waals surface area (Å²) in [5.74, 6) is -2.47. The van der Waals surface area contributed by atoms with E-state index in [1.165, 1.54) is 49.4 Å². The van der Waals surface area contributed by atoms with Crippen molar-refractivity contribution in [3.63, 3.8) is 0 Å². The van der Waals surface area contributed by atoms with Crippen LogP contribution in [0.5, 0.6) is 0 Å². The number of carbonyl (C=O) groups excluding carboxylic acids is 3. The SMILES string of the molecule is CC1(c2ccccc2F)NC(=O)N(CC(=O)Nc2ccc(F)cc2)C1=O. The van der Waals surface area contributed by atoms with Crippen molar-refractivity contribution in [1.82, 2.24) is 10.2 Å². The smallest absolute Gasteiger partial charge is 0.325 e.